The van der Waals surface area contributed by atoms with Crippen LogP contribution < -0.4 is 22.9 Å². The first-order valence-corrected chi connectivity index (χ1v) is 29.7. The van der Waals surface area contributed by atoms with E-state index >= 15 is 0 Å². The number of carboxylic acids is 2. The fourth-order valence-electron chi connectivity index (χ4n) is 10.2. The molecule has 0 unspecified atom stereocenters. The highest BCUT2D eigenvalue weighted by Crippen LogP contribution is 2.33. The number of carbonyl (C=O) groups is 3. The van der Waals surface area contributed by atoms with Crippen LogP contribution in [0.3, 0.4) is 0 Å². The molecule has 0 aliphatic carbocycles. The van der Waals surface area contributed by atoms with Crippen LogP contribution in [0.4, 0.5) is 23.3 Å². The summed E-state index contributed by atoms with van der Waals surface area (Å²) in [7, 11) is 3.38. The van der Waals surface area contributed by atoms with Gasteiger partial charge < -0.3 is 38.0 Å². The van der Waals surface area contributed by atoms with Crippen molar-refractivity contribution in [2.24, 2.45) is 0 Å². The Bertz CT molecular complexity index is 5630. The molecule has 1 amide bonds. The van der Waals surface area contributed by atoms with Crippen LogP contribution in [0.1, 0.15) is 31.3 Å². The highest BCUT2D eigenvalue weighted by Gasteiger charge is 2.21. The van der Waals surface area contributed by atoms with Crippen LogP contribution in [-0.2, 0) is 0 Å². The molecule has 0 saturated carbocycles. The maximum absolute atomic E-state index is 12.2. The van der Waals surface area contributed by atoms with E-state index in [2.05, 4.69) is 85.2 Å². The Morgan fingerprint density at radius 3 is 1.04 bits per heavy atom. The molecule has 16 aromatic rings. The highest BCUT2D eigenvalue weighted by atomic mass is 16.4. The summed E-state index contributed by atoms with van der Waals surface area (Å²) in [5, 5.41) is 35.3. The lowest BCUT2D eigenvalue weighted by atomic mass is 10.2. The van der Waals surface area contributed by atoms with Crippen molar-refractivity contribution in [3.63, 3.8) is 0 Å². The quantitative estimate of drug-likeness (QED) is 0.0709. The molecular formula is C68H52N26O5. The van der Waals surface area contributed by atoms with Gasteiger partial charge in [0, 0.05) is 129 Å². The van der Waals surface area contributed by atoms with Gasteiger partial charge in [-0.3, -0.25) is 39.7 Å². The summed E-state index contributed by atoms with van der Waals surface area (Å²) in [6.07, 6.45) is 26.7. The predicted molar refractivity (Wildman–Crippen MR) is 365 cm³/mol. The number of rotatable bonds is 11. The molecule has 0 aliphatic rings. The Morgan fingerprint density at radius 1 is 0.343 bits per heavy atom. The van der Waals surface area contributed by atoms with E-state index in [1.807, 2.05) is 85.1 Å². The number of fused-ring (bicyclic) bond motifs is 4. The lowest BCUT2D eigenvalue weighted by molar-refractivity contribution is 0.0682. The molecule has 0 bridgehead atoms. The van der Waals surface area contributed by atoms with Gasteiger partial charge in [-0.2, -0.15) is 0 Å². The van der Waals surface area contributed by atoms with Gasteiger partial charge in [-0.1, -0.05) is 36.4 Å². The Labute approximate surface area is 558 Å². The summed E-state index contributed by atoms with van der Waals surface area (Å²) >= 11 is 0. The minimum Gasteiger partial charge on any atom is -0.478 e. The largest absolute Gasteiger partial charge is 0.478 e. The van der Waals surface area contributed by atoms with Crippen molar-refractivity contribution in [1.82, 2.24) is 108 Å². The van der Waals surface area contributed by atoms with E-state index in [1.165, 1.54) is 23.2 Å². The average molecular weight is 1310 g/mol. The van der Waals surface area contributed by atoms with Crippen LogP contribution in [0, 0.1) is 0 Å². The summed E-state index contributed by atoms with van der Waals surface area (Å²) in [6.45, 7) is 0. The standard InChI is InChI=1S/C19H17N7O.2C17H12N6O2.C15H11N7/c1-25(2)19(27)15-8-5-7-13(23-15)12-10-22-18-16(14-6-3-4-9-21-14)17(20)24-26(18)11-12;18-15-14(12-4-1-2-7-19-12)16-20-8-10(9-23(16)22-15)11-5-3-6-13(21-11)17(24)25;18-15-14(13-3-1-2-6-19-13)16-21-8-11(9-23(16)22-15)12-5-4-10(7-20-12)17(24)25;16-14-13(11-3-1-2-4-18-11)15-20-7-10(9-22(15)21-14)12-8-17-5-6-19-12/h3-11H,1-2H3,(H2,20,24);2*1-9H,(H2,18,22)(H,24,25);1-9H,(H2,16,21). The fraction of sp³-hybridized carbons (Fsp3) is 0.0294. The molecule has 0 radical (unpaired) electrons. The van der Waals surface area contributed by atoms with E-state index in [9.17, 15) is 14.4 Å². The molecule has 0 spiro atoms. The second-order valence-corrected chi connectivity index (χ2v) is 21.5. The third-order valence-electron chi connectivity index (χ3n) is 14.8. The molecule has 16 aromatic heterocycles. The second kappa shape index (κ2) is 27.4. The Kier molecular flexibility index (Phi) is 17.5. The van der Waals surface area contributed by atoms with Gasteiger partial charge in [-0.05, 0) is 84.9 Å². The van der Waals surface area contributed by atoms with Gasteiger partial charge in [-0.15, -0.1) is 20.4 Å². The Balaban J connectivity index is 0.000000119. The first kappa shape index (κ1) is 63.0. The number of carboxylic acid groups (broad SMARTS) is 2. The van der Waals surface area contributed by atoms with Crippen LogP contribution >= 0.6 is 0 Å². The van der Waals surface area contributed by atoms with Crippen molar-refractivity contribution in [1.29, 1.82) is 0 Å². The molecule has 31 nitrogen and oxygen atoms in total. The van der Waals surface area contributed by atoms with Gasteiger partial charge >= 0.3 is 11.9 Å². The van der Waals surface area contributed by atoms with Crippen LogP contribution in [0.5, 0.6) is 0 Å². The van der Waals surface area contributed by atoms with Crippen molar-refractivity contribution in [2.75, 3.05) is 37.0 Å². The molecule has 31 heteroatoms. The van der Waals surface area contributed by atoms with Gasteiger partial charge in [0.25, 0.3) is 5.91 Å². The fourth-order valence-corrected chi connectivity index (χ4v) is 10.2. The minimum absolute atomic E-state index is 0.0354. The Hall–Kier alpha value is -14.8. The van der Waals surface area contributed by atoms with E-state index in [-0.39, 0.29) is 17.2 Å². The van der Waals surface area contributed by atoms with Gasteiger partial charge in [-0.25, -0.2) is 57.6 Å². The number of aromatic nitrogens is 21. The number of amides is 1. The van der Waals surface area contributed by atoms with Crippen molar-refractivity contribution < 1.29 is 24.6 Å². The number of pyridine rings is 7. The van der Waals surface area contributed by atoms with Gasteiger partial charge in [0.15, 0.2) is 45.9 Å². The lowest BCUT2D eigenvalue weighted by Crippen LogP contribution is -2.22. The molecule has 16 rings (SSSR count). The number of nitrogens with zero attached hydrogens (tertiary/aromatic N) is 22. The average Bonchev–Trinajstić information content (AvgIpc) is 1.67. The topological polar surface area (TPSA) is 436 Å². The highest BCUT2D eigenvalue weighted by molar-refractivity contribution is 5.93. The number of nitrogen functional groups attached to an aromatic ring is 4. The third-order valence-corrected chi connectivity index (χ3v) is 14.8. The summed E-state index contributed by atoms with van der Waals surface area (Å²) in [5.74, 6) is -0.880. The molecular weight excluding hydrogens is 1260 g/mol. The summed E-state index contributed by atoms with van der Waals surface area (Å²) in [6, 6.07) is 35.5. The molecule has 10 N–H and O–H groups in total. The zero-order valence-electron chi connectivity index (χ0n) is 52.1. The van der Waals surface area contributed by atoms with Crippen molar-refractivity contribution >= 4 is 63.7 Å². The zero-order chi connectivity index (χ0) is 68.7. The normalized spacial score (nSPS) is 10.9. The van der Waals surface area contributed by atoms with Gasteiger partial charge in [0.2, 0.25) is 0 Å². The number of hydrogen-bond acceptors (Lipinski definition) is 24. The van der Waals surface area contributed by atoms with Crippen molar-refractivity contribution in [2.45, 2.75) is 0 Å². The predicted octanol–water partition coefficient (Wildman–Crippen LogP) is 8.24. The monoisotopic (exact) mass is 1310 g/mol. The van der Waals surface area contributed by atoms with Crippen LogP contribution in [0.2, 0.25) is 0 Å². The first-order valence-electron chi connectivity index (χ1n) is 29.7. The third kappa shape index (κ3) is 13.3. The number of anilines is 4. The molecule has 16 heterocycles. The van der Waals surface area contributed by atoms with E-state index in [0.29, 0.717) is 114 Å². The lowest BCUT2D eigenvalue weighted by Gasteiger charge is -2.10. The van der Waals surface area contributed by atoms with E-state index in [1.54, 1.807) is 149 Å². The Morgan fingerprint density at radius 2 is 0.707 bits per heavy atom. The molecule has 99 heavy (non-hydrogen) atoms. The smallest absolute Gasteiger partial charge is 0.354 e. The van der Waals surface area contributed by atoms with Crippen LogP contribution in [-0.4, -0.2) is 150 Å². The molecule has 484 valence electrons. The van der Waals surface area contributed by atoms with Gasteiger partial charge in [0.05, 0.1) is 79.6 Å². The molecule has 0 atom stereocenters. The SMILES string of the molecule is CN(C)C(=O)c1cccc(-c2cnc3c(-c4ccccn4)c(N)nn3c2)n1.Nc1nn2cc(-c3ccc(C(=O)O)cn3)cnc2c1-c1ccccn1.Nc1nn2cc(-c3cccc(C(=O)O)n3)cnc2c1-c1ccccn1.Nc1nn2cc(-c3cnccn3)cnc2c1-c1ccccn1. The maximum Gasteiger partial charge on any atom is 0.354 e. The number of hydrogen-bond donors (Lipinski definition) is 6. The number of aromatic carboxylic acids is 2. The number of carbonyl (C=O) groups excluding carboxylic acids is 1. The van der Waals surface area contributed by atoms with Crippen LogP contribution in [0.15, 0.2) is 220 Å². The zero-order valence-corrected chi connectivity index (χ0v) is 52.1. The summed E-state index contributed by atoms with van der Waals surface area (Å²) in [5.41, 5.74) is 37.9. The number of nitrogens with two attached hydrogens (primary N) is 4. The summed E-state index contributed by atoms with van der Waals surface area (Å²) < 4.78 is 6.37. The van der Waals surface area contributed by atoms with E-state index in [4.69, 9.17) is 33.1 Å². The van der Waals surface area contributed by atoms with E-state index in [0.717, 1.165) is 28.1 Å². The molecule has 0 saturated heterocycles. The maximum atomic E-state index is 12.2. The molecule has 0 fully saturated rings. The van der Waals surface area contributed by atoms with E-state index < -0.39 is 11.9 Å². The minimum atomic E-state index is -1.09. The molecule has 0 aromatic carbocycles. The molecule has 0 aliphatic heterocycles. The second-order valence-electron chi connectivity index (χ2n) is 21.5. The van der Waals surface area contributed by atoms with Gasteiger partial charge in [0.1, 0.15) is 11.4 Å². The van der Waals surface area contributed by atoms with Crippen LogP contribution in [0.25, 0.3) is 113 Å². The summed E-state index contributed by atoms with van der Waals surface area (Å²) in [4.78, 5) is 91.7. The first-order chi connectivity index (χ1) is 48.1. The van der Waals surface area contributed by atoms with Crippen molar-refractivity contribution in [3.8, 4) is 90.1 Å². The van der Waals surface area contributed by atoms with Crippen molar-refractivity contribution in [3.05, 3.63) is 237 Å².